The van der Waals surface area contributed by atoms with Crippen molar-refractivity contribution in [1.29, 1.82) is 0 Å². The lowest BCUT2D eigenvalue weighted by Gasteiger charge is -2.24. The van der Waals surface area contributed by atoms with E-state index in [1.807, 2.05) is 0 Å². The number of rotatable bonds is 4. The van der Waals surface area contributed by atoms with Crippen molar-refractivity contribution in [3.63, 3.8) is 0 Å². The Bertz CT molecular complexity index is 490. The second-order valence-electron chi connectivity index (χ2n) is 5.49. The van der Waals surface area contributed by atoms with E-state index in [4.69, 9.17) is 10.5 Å². The summed E-state index contributed by atoms with van der Waals surface area (Å²) in [5.41, 5.74) is 6.85. The molecule has 1 amide bonds. The van der Waals surface area contributed by atoms with Gasteiger partial charge in [-0.25, -0.2) is 0 Å². The van der Waals surface area contributed by atoms with Gasteiger partial charge >= 0.3 is 0 Å². The van der Waals surface area contributed by atoms with Gasteiger partial charge in [-0.05, 0) is 38.1 Å². The summed E-state index contributed by atoms with van der Waals surface area (Å²) in [5.74, 6) is 0.345. The Hall–Kier alpha value is -1.75. The van der Waals surface area contributed by atoms with Gasteiger partial charge in [0.15, 0.2) is 5.75 Å². The minimum absolute atomic E-state index is 0.109. The van der Waals surface area contributed by atoms with E-state index in [2.05, 4.69) is 17.1 Å². The SMILES string of the molecule is CCN1CCCCC(NC(=O)c2cccc(N)c2OC)C1. The second-order valence-corrected chi connectivity index (χ2v) is 5.49. The van der Waals surface area contributed by atoms with Gasteiger partial charge in [0.2, 0.25) is 0 Å². The molecule has 1 heterocycles. The molecule has 3 N–H and O–H groups in total. The number of carbonyl (C=O) groups excluding carboxylic acids is 1. The Morgan fingerprint density at radius 2 is 2.29 bits per heavy atom. The van der Waals surface area contributed by atoms with E-state index in [0.29, 0.717) is 17.0 Å². The quantitative estimate of drug-likeness (QED) is 0.831. The molecule has 0 saturated carbocycles. The first-order chi connectivity index (χ1) is 10.2. The zero-order chi connectivity index (χ0) is 15.2. The smallest absolute Gasteiger partial charge is 0.255 e. The van der Waals surface area contributed by atoms with Gasteiger partial charge in [0.1, 0.15) is 0 Å². The molecule has 0 aliphatic carbocycles. The number of nitrogen functional groups attached to an aromatic ring is 1. The van der Waals surface area contributed by atoms with Crippen molar-refractivity contribution in [3.05, 3.63) is 23.8 Å². The number of benzene rings is 1. The largest absolute Gasteiger partial charge is 0.494 e. The molecule has 1 aromatic rings. The van der Waals surface area contributed by atoms with Crippen molar-refractivity contribution in [2.45, 2.75) is 32.2 Å². The number of likely N-dealkylation sites (tertiary alicyclic amines) is 1. The first kappa shape index (κ1) is 15.6. The molecule has 0 radical (unpaired) electrons. The Morgan fingerprint density at radius 3 is 3.00 bits per heavy atom. The molecule has 1 aromatic carbocycles. The molecule has 21 heavy (non-hydrogen) atoms. The second kappa shape index (κ2) is 7.31. The zero-order valence-corrected chi connectivity index (χ0v) is 12.9. The molecule has 5 nitrogen and oxygen atoms in total. The third kappa shape index (κ3) is 3.88. The lowest BCUT2D eigenvalue weighted by molar-refractivity contribution is 0.0924. The number of carbonyl (C=O) groups is 1. The summed E-state index contributed by atoms with van der Waals surface area (Å²) in [4.78, 5) is 14.9. The summed E-state index contributed by atoms with van der Waals surface area (Å²) in [6.45, 7) is 5.20. The van der Waals surface area contributed by atoms with Crippen LogP contribution in [0.5, 0.6) is 5.75 Å². The van der Waals surface area contributed by atoms with Crippen molar-refractivity contribution in [2.24, 2.45) is 0 Å². The third-order valence-electron chi connectivity index (χ3n) is 4.03. The Kier molecular flexibility index (Phi) is 5.44. The summed E-state index contributed by atoms with van der Waals surface area (Å²) in [6.07, 6.45) is 3.37. The highest BCUT2D eigenvalue weighted by Gasteiger charge is 2.21. The number of para-hydroxylation sites is 1. The highest BCUT2D eigenvalue weighted by molar-refractivity contribution is 5.98. The standard InChI is InChI=1S/C16H25N3O2/c1-3-19-10-5-4-7-12(11-19)18-16(20)13-8-6-9-14(17)15(13)21-2/h6,8-9,12H,3-5,7,10-11,17H2,1-2H3,(H,18,20). The van der Waals surface area contributed by atoms with Crippen LogP contribution in [0.1, 0.15) is 36.5 Å². The summed E-state index contributed by atoms with van der Waals surface area (Å²) in [7, 11) is 1.53. The number of nitrogens with one attached hydrogen (secondary N) is 1. The highest BCUT2D eigenvalue weighted by atomic mass is 16.5. The van der Waals surface area contributed by atoms with Crippen LogP contribution in [0, 0.1) is 0 Å². The van der Waals surface area contributed by atoms with Gasteiger partial charge in [-0.3, -0.25) is 4.79 Å². The predicted molar refractivity (Wildman–Crippen MR) is 84.6 cm³/mol. The molecule has 0 bridgehead atoms. The fraction of sp³-hybridized carbons (Fsp3) is 0.562. The van der Waals surface area contributed by atoms with Gasteiger partial charge < -0.3 is 20.7 Å². The Balaban J connectivity index is 2.08. The van der Waals surface area contributed by atoms with Crippen LogP contribution in [0.2, 0.25) is 0 Å². The van der Waals surface area contributed by atoms with Crippen LogP contribution in [0.4, 0.5) is 5.69 Å². The summed E-state index contributed by atoms with van der Waals surface area (Å²) >= 11 is 0. The number of likely N-dealkylation sites (N-methyl/N-ethyl adjacent to an activating group) is 1. The van der Waals surface area contributed by atoms with Crippen molar-refractivity contribution in [3.8, 4) is 5.75 Å². The Morgan fingerprint density at radius 1 is 1.48 bits per heavy atom. The van der Waals surface area contributed by atoms with E-state index in [9.17, 15) is 4.79 Å². The van der Waals surface area contributed by atoms with E-state index in [1.165, 1.54) is 13.5 Å². The predicted octanol–water partition coefficient (Wildman–Crippen LogP) is 1.88. The number of hydrogen-bond acceptors (Lipinski definition) is 4. The van der Waals surface area contributed by atoms with Crippen LogP contribution in [-0.2, 0) is 0 Å². The topological polar surface area (TPSA) is 67.6 Å². The van der Waals surface area contributed by atoms with Crippen molar-refractivity contribution < 1.29 is 9.53 Å². The number of methoxy groups -OCH3 is 1. The fourth-order valence-electron chi connectivity index (χ4n) is 2.85. The molecule has 5 heteroatoms. The van der Waals surface area contributed by atoms with E-state index in [-0.39, 0.29) is 11.9 Å². The number of anilines is 1. The monoisotopic (exact) mass is 291 g/mol. The molecule has 1 unspecified atom stereocenters. The average molecular weight is 291 g/mol. The van der Waals surface area contributed by atoms with Gasteiger partial charge in [0, 0.05) is 12.6 Å². The van der Waals surface area contributed by atoms with E-state index < -0.39 is 0 Å². The Labute approximate surface area is 126 Å². The van der Waals surface area contributed by atoms with Gasteiger partial charge in [-0.15, -0.1) is 0 Å². The molecule has 0 spiro atoms. The molecule has 1 aliphatic heterocycles. The minimum atomic E-state index is -0.109. The lowest BCUT2D eigenvalue weighted by atomic mass is 10.1. The van der Waals surface area contributed by atoms with E-state index >= 15 is 0 Å². The molecular weight excluding hydrogens is 266 g/mol. The fourth-order valence-corrected chi connectivity index (χ4v) is 2.85. The molecule has 116 valence electrons. The molecule has 0 aromatic heterocycles. The van der Waals surface area contributed by atoms with Crippen molar-refractivity contribution in [1.82, 2.24) is 10.2 Å². The maximum atomic E-state index is 12.5. The number of hydrogen-bond donors (Lipinski definition) is 2. The maximum absolute atomic E-state index is 12.5. The summed E-state index contributed by atoms with van der Waals surface area (Å²) in [5, 5.41) is 3.13. The van der Waals surface area contributed by atoms with E-state index in [1.54, 1.807) is 18.2 Å². The molecule has 1 saturated heterocycles. The molecule has 1 fully saturated rings. The average Bonchev–Trinajstić information content (AvgIpc) is 2.72. The maximum Gasteiger partial charge on any atom is 0.255 e. The number of amides is 1. The number of nitrogens with zero attached hydrogens (tertiary/aromatic N) is 1. The normalized spacial score (nSPS) is 19.8. The van der Waals surface area contributed by atoms with Gasteiger partial charge in [0.05, 0.1) is 18.4 Å². The molecular formula is C16H25N3O2. The lowest BCUT2D eigenvalue weighted by Crippen LogP contribution is -2.42. The number of nitrogens with two attached hydrogens (primary N) is 1. The van der Waals surface area contributed by atoms with Crippen molar-refractivity contribution >= 4 is 11.6 Å². The highest BCUT2D eigenvalue weighted by Crippen LogP contribution is 2.26. The van der Waals surface area contributed by atoms with Crippen LogP contribution in [0.15, 0.2) is 18.2 Å². The minimum Gasteiger partial charge on any atom is -0.494 e. The molecule has 1 atom stereocenters. The molecule has 1 aliphatic rings. The van der Waals surface area contributed by atoms with Crippen LogP contribution in [0.3, 0.4) is 0 Å². The van der Waals surface area contributed by atoms with Gasteiger partial charge in [-0.1, -0.05) is 19.4 Å². The van der Waals surface area contributed by atoms with Gasteiger partial charge in [0.25, 0.3) is 5.91 Å². The van der Waals surface area contributed by atoms with Crippen molar-refractivity contribution in [2.75, 3.05) is 32.5 Å². The zero-order valence-electron chi connectivity index (χ0n) is 12.9. The van der Waals surface area contributed by atoms with E-state index in [0.717, 1.165) is 32.5 Å². The first-order valence-electron chi connectivity index (χ1n) is 7.61. The van der Waals surface area contributed by atoms with Crippen LogP contribution in [0.25, 0.3) is 0 Å². The molecule has 2 rings (SSSR count). The third-order valence-corrected chi connectivity index (χ3v) is 4.03. The summed E-state index contributed by atoms with van der Waals surface area (Å²) in [6, 6.07) is 5.45. The van der Waals surface area contributed by atoms with Gasteiger partial charge in [-0.2, -0.15) is 0 Å². The van der Waals surface area contributed by atoms with Crippen LogP contribution < -0.4 is 15.8 Å². The summed E-state index contributed by atoms with van der Waals surface area (Å²) < 4.78 is 5.26. The first-order valence-corrected chi connectivity index (χ1v) is 7.61. The van der Waals surface area contributed by atoms with Crippen LogP contribution in [-0.4, -0.2) is 43.6 Å². The van der Waals surface area contributed by atoms with Crippen LogP contribution >= 0.6 is 0 Å². The number of ether oxygens (including phenoxy) is 1.